The third kappa shape index (κ3) is 2.83. The Morgan fingerprint density at radius 1 is 1.23 bits per heavy atom. The molecule has 22 heavy (non-hydrogen) atoms. The highest BCUT2D eigenvalue weighted by molar-refractivity contribution is 8.00. The van der Waals surface area contributed by atoms with Crippen molar-refractivity contribution < 1.29 is 4.79 Å². The number of amides is 1. The summed E-state index contributed by atoms with van der Waals surface area (Å²) in [6.45, 7) is 4.08. The number of anilines is 2. The number of para-hydroxylation sites is 1. The topological polar surface area (TPSA) is 46.3 Å². The molecule has 0 aliphatic carbocycles. The van der Waals surface area contributed by atoms with Crippen molar-refractivity contribution in [2.24, 2.45) is 0 Å². The van der Waals surface area contributed by atoms with E-state index in [1.807, 2.05) is 54.3 Å². The largest absolute Gasteiger partial charge is 0.399 e. The average molecular weight is 312 g/mol. The van der Waals surface area contributed by atoms with Crippen LogP contribution in [-0.4, -0.2) is 17.2 Å². The number of nitrogens with two attached hydrogens (primary N) is 1. The van der Waals surface area contributed by atoms with Crippen molar-refractivity contribution in [2.45, 2.75) is 36.5 Å². The van der Waals surface area contributed by atoms with Crippen LogP contribution in [0.2, 0.25) is 0 Å². The molecule has 1 amide bonds. The van der Waals surface area contributed by atoms with E-state index in [0.717, 1.165) is 22.7 Å². The third-order valence-electron chi connectivity index (χ3n) is 3.99. The quantitative estimate of drug-likeness (QED) is 0.694. The number of fused-ring (bicyclic) bond motifs is 1. The summed E-state index contributed by atoms with van der Waals surface area (Å²) in [5.74, 6) is 0.166. The minimum absolute atomic E-state index is 0.128. The number of nitrogens with zero attached hydrogens (tertiary/aromatic N) is 1. The van der Waals surface area contributed by atoms with Gasteiger partial charge < -0.3 is 10.6 Å². The van der Waals surface area contributed by atoms with Gasteiger partial charge in [0.1, 0.15) is 0 Å². The van der Waals surface area contributed by atoms with E-state index in [4.69, 9.17) is 5.73 Å². The van der Waals surface area contributed by atoms with Crippen molar-refractivity contribution in [1.29, 1.82) is 0 Å². The first-order valence-corrected chi connectivity index (χ1v) is 8.37. The zero-order valence-corrected chi connectivity index (χ0v) is 13.6. The first-order valence-electron chi connectivity index (χ1n) is 7.49. The fourth-order valence-corrected chi connectivity index (χ4v) is 3.81. The number of carbonyl (C=O) groups excluding carboxylic acids is 1. The SMILES string of the molecule is C[C@@H](Sc1ccc(N)cc1)C(=O)N1c2ccccc2C[C@@H]1C. The lowest BCUT2D eigenvalue weighted by Crippen LogP contribution is -2.40. The maximum atomic E-state index is 12.9. The highest BCUT2D eigenvalue weighted by atomic mass is 32.2. The van der Waals surface area contributed by atoms with Crippen molar-refractivity contribution in [3.05, 3.63) is 54.1 Å². The van der Waals surface area contributed by atoms with Gasteiger partial charge in [-0.2, -0.15) is 0 Å². The lowest BCUT2D eigenvalue weighted by atomic mass is 10.1. The van der Waals surface area contributed by atoms with Crippen molar-refractivity contribution in [1.82, 2.24) is 0 Å². The molecule has 1 heterocycles. The molecule has 0 saturated carbocycles. The highest BCUT2D eigenvalue weighted by Gasteiger charge is 2.33. The molecule has 2 aromatic carbocycles. The molecular formula is C18H20N2OS. The van der Waals surface area contributed by atoms with Crippen LogP contribution < -0.4 is 10.6 Å². The monoisotopic (exact) mass is 312 g/mol. The number of benzene rings is 2. The molecular weight excluding hydrogens is 292 g/mol. The molecule has 0 unspecified atom stereocenters. The predicted molar refractivity (Wildman–Crippen MR) is 93.3 cm³/mol. The molecule has 0 saturated heterocycles. The molecule has 0 bridgehead atoms. The summed E-state index contributed by atoms with van der Waals surface area (Å²) >= 11 is 1.58. The summed E-state index contributed by atoms with van der Waals surface area (Å²) in [5.41, 5.74) is 8.76. The zero-order chi connectivity index (χ0) is 15.7. The summed E-state index contributed by atoms with van der Waals surface area (Å²) in [6.07, 6.45) is 0.932. The highest BCUT2D eigenvalue weighted by Crippen LogP contribution is 2.34. The summed E-state index contributed by atoms with van der Waals surface area (Å²) in [7, 11) is 0. The first-order chi connectivity index (χ1) is 10.6. The Morgan fingerprint density at radius 3 is 2.64 bits per heavy atom. The van der Waals surface area contributed by atoms with E-state index in [0.29, 0.717) is 0 Å². The van der Waals surface area contributed by atoms with Crippen LogP contribution in [0.1, 0.15) is 19.4 Å². The lowest BCUT2D eigenvalue weighted by molar-refractivity contribution is -0.118. The molecule has 0 fully saturated rings. The van der Waals surface area contributed by atoms with Gasteiger partial charge in [-0.15, -0.1) is 11.8 Å². The van der Waals surface area contributed by atoms with Crippen molar-refractivity contribution in [3.8, 4) is 0 Å². The van der Waals surface area contributed by atoms with E-state index in [1.165, 1.54) is 5.56 Å². The van der Waals surface area contributed by atoms with Gasteiger partial charge in [0.05, 0.1) is 5.25 Å². The van der Waals surface area contributed by atoms with Crippen molar-refractivity contribution in [3.63, 3.8) is 0 Å². The van der Waals surface area contributed by atoms with Gasteiger partial charge in [-0.3, -0.25) is 4.79 Å². The third-order valence-corrected chi connectivity index (χ3v) is 5.08. The standard InChI is InChI=1S/C18H20N2OS/c1-12-11-14-5-3-4-6-17(14)20(12)18(21)13(2)22-16-9-7-15(19)8-10-16/h3-10,12-13H,11,19H2,1-2H3/t12-,13+/m0/s1. The fraction of sp³-hybridized carbons (Fsp3) is 0.278. The van der Waals surface area contributed by atoms with E-state index in [9.17, 15) is 4.79 Å². The van der Waals surface area contributed by atoms with E-state index >= 15 is 0 Å². The predicted octanol–water partition coefficient (Wildman–Crippen LogP) is 3.73. The second-order valence-corrected chi connectivity index (χ2v) is 7.13. The van der Waals surface area contributed by atoms with Gasteiger partial charge in [-0.05, 0) is 56.2 Å². The summed E-state index contributed by atoms with van der Waals surface area (Å²) in [6, 6.07) is 16.1. The molecule has 1 aliphatic heterocycles. The molecule has 3 rings (SSSR count). The Kier molecular flexibility index (Phi) is 4.12. The minimum atomic E-state index is -0.128. The Balaban J connectivity index is 1.77. The number of thioether (sulfide) groups is 1. The van der Waals surface area contributed by atoms with Crippen LogP contribution in [0.25, 0.3) is 0 Å². The Hall–Kier alpha value is -1.94. The van der Waals surface area contributed by atoms with Crippen molar-refractivity contribution in [2.75, 3.05) is 10.6 Å². The smallest absolute Gasteiger partial charge is 0.240 e. The van der Waals surface area contributed by atoms with Gasteiger partial charge >= 0.3 is 0 Å². The zero-order valence-electron chi connectivity index (χ0n) is 12.8. The molecule has 0 aromatic heterocycles. The molecule has 1 aliphatic rings. The summed E-state index contributed by atoms with van der Waals surface area (Å²) < 4.78 is 0. The molecule has 114 valence electrons. The van der Waals surface area contributed by atoms with Gasteiger partial charge in [0.2, 0.25) is 5.91 Å². The van der Waals surface area contributed by atoms with E-state index in [2.05, 4.69) is 13.0 Å². The fourth-order valence-electron chi connectivity index (χ4n) is 2.90. The maximum Gasteiger partial charge on any atom is 0.240 e. The normalized spacial score (nSPS) is 18.1. The molecule has 0 spiro atoms. The first kappa shape index (κ1) is 15.0. The number of hydrogen-bond acceptors (Lipinski definition) is 3. The van der Waals surface area contributed by atoms with Gasteiger partial charge in [0, 0.05) is 22.3 Å². The van der Waals surface area contributed by atoms with Gasteiger partial charge in [-0.25, -0.2) is 0 Å². The number of rotatable bonds is 3. The van der Waals surface area contributed by atoms with Crippen LogP contribution in [0.4, 0.5) is 11.4 Å². The number of hydrogen-bond donors (Lipinski definition) is 1. The Morgan fingerprint density at radius 2 is 1.91 bits per heavy atom. The molecule has 2 aromatic rings. The Labute approximate surface area is 135 Å². The molecule has 0 radical (unpaired) electrons. The van der Waals surface area contributed by atoms with Gasteiger partial charge in [0.25, 0.3) is 0 Å². The summed E-state index contributed by atoms with van der Waals surface area (Å²) in [5, 5.41) is -0.128. The van der Waals surface area contributed by atoms with Crippen LogP contribution >= 0.6 is 11.8 Å². The van der Waals surface area contributed by atoms with Crippen LogP contribution in [-0.2, 0) is 11.2 Å². The van der Waals surface area contributed by atoms with Gasteiger partial charge in [0.15, 0.2) is 0 Å². The number of nitrogen functional groups attached to an aromatic ring is 1. The lowest BCUT2D eigenvalue weighted by Gasteiger charge is -2.25. The maximum absolute atomic E-state index is 12.9. The minimum Gasteiger partial charge on any atom is -0.399 e. The van der Waals surface area contributed by atoms with Crippen LogP contribution in [0.5, 0.6) is 0 Å². The second kappa shape index (κ2) is 6.05. The van der Waals surface area contributed by atoms with Crippen LogP contribution in [0.15, 0.2) is 53.4 Å². The molecule has 3 nitrogen and oxygen atoms in total. The van der Waals surface area contributed by atoms with E-state index in [1.54, 1.807) is 11.8 Å². The van der Waals surface area contributed by atoms with E-state index < -0.39 is 0 Å². The molecule has 2 N–H and O–H groups in total. The molecule has 4 heteroatoms. The van der Waals surface area contributed by atoms with E-state index in [-0.39, 0.29) is 17.2 Å². The second-order valence-electron chi connectivity index (χ2n) is 5.72. The van der Waals surface area contributed by atoms with Crippen molar-refractivity contribution >= 4 is 29.0 Å². The Bertz CT molecular complexity index is 684. The van der Waals surface area contributed by atoms with Crippen LogP contribution in [0, 0.1) is 0 Å². The average Bonchev–Trinajstić information content (AvgIpc) is 2.84. The van der Waals surface area contributed by atoms with Crippen LogP contribution in [0.3, 0.4) is 0 Å². The molecule has 2 atom stereocenters. The van der Waals surface area contributed by atoms with Gasteiger partial charge in [-0.1, -0.05) is 18.2 Å². The number of carbonyl (C=O) groups is 1. The summed E-state index contributed by atoms with van der Waals surface area (Å²) in [4.78, 5) is 15.9.